The van der Waals surface area contributed by atoms with E-state index in [0.717, 1.165) is 0 Å². The molecule has 4 rings (SSSR count). The van der Waals surface area contributed by atoms with Crippen LogP contribution in [0.25, 0.3) is 17.1 Å². The molecule has 0 aliphatic carbocycles. The number of para-hydroxylation sites is 1. The molecule has 1 saturated heterocycles. The first-order valence-corrected chi connectivity index (χ1v) is 8.83. The van der Waals surface area contributed by atoms with E-state index in [9.17, 15) is 9.18 Å². The van der Waals surface area contributed by atoms with Gasteiger partial charge in [0.1, 0.15) is 17.2 Å². The zero-order valence-corrected chi connectivity index (χ0v) is 14.9. The van der Waals surface area contributed by atoms with Crippen LogP contribution in [-0.4, -0.2) is 58.4 Å². The number of rotatable bonds is 5. The Balaban J connectivity index is 1.67. The van der Waals surface area contributed by atoms with Crippen molar-refractivity contribution in [1.82, 2.24) is 25.3 Å². The van der Waals surface area contributed by atoms with E-state index >= 15 is 0 Å². The Labute approximate surface area is 160 Å². The summed E-state index contributed by atoms with van der Waals surface area (Å²) in [7, 11) is 0. The van der Waals surface area contributed by atoms with Crippen LogP contribution in [0.4, 0.5) is 4.39 Å². The molecule has 0 radical (unpaired) electrons. The molecule has 1 amide bonds. The fraction of sp³-hybridized carbons (Fsp3) is 0.263. The van der Waals surface area contributed by atoms with Crippen LogP contribution in [-0.2, 0) is 9.47 Å². The van der Waals surface area contributed by atoms with Gasteiger partial charge < -0.3 is 14.8 Å². The van der Waals surface area contributed by atoms with E-state index in [-0.39, 0.29) is 24.0 Å². The molecular weight excluding hydrogens is 365 g/mol. The molecule has 144 valence electrons. The number of benzene rings is 1. The molecule has 1 atom stereocenters. The molecule has 1 unspecified atom stereocenters. The lowest BCUT2D eigenvalue weighted by atomic mass is 10.2. The second-order valence-corrected chi connectivity index (χ2v) is 6.14. The molecule has 1 N–H and O–H groups in total. The van der Waals surface area contributed by atoms with E-state index in [0.29, 0.717) is 31.2 Å². The first-order chi connectivity index (χ1) is 13.7. The Kier molecular flexibility index (Phi) is 5.36. The number of aromatic nitrogens is 4. The summed E-state index contributed by atoms with van der Waals surface area (Å²) < 4.78 is 26.5. The third kappa shape index (κ3) is 3.75. The quantitative estimate of drug-likeness (QED) is 0.720. The highest BCUT2D eigenvalue weighted by Crippen LogP contribution is 2.24. The largest absolute Gasteiger partial charge is 0.376 e. The number of ether oxygens (including phenoxy) is 2. The van der Waals surface area contributed by atoms with Crippen LogP contribution >= 0.6 is 0 Å². The molecule has 0 spiro atoms. The van der Waals surface area contributed by atoms with Crippen LogP contribution < -0.4 is 5.32 Å². The van der Waals surface area contributed by atoms with Crippen molar-refractivity contribution in [3.05, 3.63) is 60.2 Å². The van der Waals surface area contributed by atoms with Gasteiger partial charge >= 0.3 is 0 Å². The molecule has 8 nitrogen and oxygen atoms in total. The van der Waals surface area contributed by atoms with Gasteiger partial charge in [-0.05, 0) is 24.3 Å². The van der Waals surface area contributed by atoms with Crippen molar-refractivity contribution in [2.24, 2.45) is 0 Å². The summed E-state index contributed by atoms with van der Waals surface area (Å²) in [5, 5.41) is 10.8. The topological polar surface area (TPSA) is 91.2 Å². The molecule has 1 aliphatic heterocycles. The van der Waals surface area contributed by atoms with Crippen molar-refractivity contribution < 1.29 is 18.7 Å². The van der Waals surface area contributed by atoms with Gasteiger partial charge in [-0.15, -0.1) is 5.10 Å². The summed E-state index contributed by atoms with van der Waals surface area (Å²) in [6.45, 7) is 1.72. The Morgan fingerprint density at radius 3 is 2.82 bits per heavy atom. The zero-order valence-electron chi connectivity index (χ0n) is 14.9. The highest BCUT2D eigenvalue weighted by atomic mass is 19.1. The fourth-order valence-electron chi connectivity index (χ4n) is 2.90. The first-order valence-electron chi connectivity index (χ1n) is 8.83. The second-order valence-electron chi connectivity index (χ2n) is 6.14. The summed E-state index contributed by atoms with van der Waals surface area (Å²) in [4.78, 5) is 17.0. The zero-order chi connectivity index (χ0) is 19.3. The Hall–Kier alpha value is -3.17. The third-order valence-electron chi connectivity index (χ3n) is 4.25. The van der Waals surface area contributed by atoms with E-state index in [2.05, 4.69) is 20.6 Å². The van der Waals surface area contributed by atoms with Crippen LogP contribution in [0.2, 0.25) is 0 Å². The van der Waals surface area contributed by atoms with Gasteiger partial charge in [0.15, 0.2) is 5.69 Å². The van der Waals surface area contributed by atoms with Gasteiger partial charge in [-0.25, -0.2) is 9.07 Å². The van der Waals surface area contributed by atoms with E-state index in [1.165, 1.54) is 10.7 Å². The first kappa shape index (κ1) is 18.2. The molecule has 1 fully saturated rings. The summed E-state index contributed by atoms with van der Waals surface area (Å²) in [6.07, 6.45) is 1.36. The minimum Gasteiger partial charge on any atom is -0.376 e. The predicted molar refractivity (Wildman–Crippen MR) is 97.4 cm³/mol. The monoisotopic (exact) mass is 383 g/mol. The molecule has 9 heteroatoms. The van der Waals surface area contributed by atoms with Gasteiger partial charge in [0, 0.05) is 12.7 Å². The molecule has 3 aromatic rings. The number of nitrogens with zero attached hydrogens (tertiary/aromatic N) is 4. The fourth-order valence-corrected chi connectivity index (χ4v) is 2.90. The minimum absolute atomic E-state index is 0.0543. The summed E-state index contributed by atoms with van der Waals surface area (Å²) >= 11 is 0. The molecule has 0 bridgehead atoms. The highest BCUT2D eigenvalue weighted by Gasteiger charge is 2.25. The van der Waals surface area contributed by atoms with Crippen LogP contribution in [0, 0.1) is 5.82 Å². The van der Waals surface area contributed by atoms with E-state index < -0.39 is 11.7 Å². The number of pyridine rings is 1. The van der Waals surface area contributed by atoms with Crippen molar-refractivity contribution >= 4 is 5.91 Å². The van der Waals surface area contributed by atoms with E-state index in [1.807, 2.05) is 0 Å². The SMILES string of the molecule is O=C(NCC1COCCO1)c1nnn(-c2ccccc2F)c1-c1ccccn1. The molecule has 2 aromatic heterocycles. The van der Waals surface area contributed by atoms with Crippen molar-refractivity contribution in [2.75, 3.05) is 26.4 Å². The maximum atomic E-state index is 14.3. The molecule has 0 saturated carbocycles. The summed E-state index contributed by atoms with van der Waals surface area (Å²) in [6, 6.07) is 11.4. The standard InChI is InChI=1S/C19H18FN5O3/c20-14-5-1-2-7-16(14)25-18(15-6-3-4-8-21-15)17(23-24-25)19(26)22-11-13-12-27-9-10-28-13/h1-8,13H,9-12H2,(H,22,26). The summed E-state index contributed by atoms with van der Waals surface area (Å²) in [5.41, 5.74) is 1.000. The minimum atomic E-state index is -0.482. The number of halogens is 1. The Morgan fingerprint density at radius 1 is 1.21 bits per heavy atom. The maximum absolute atomic E-state index is 14.3. The average molecular weight is 383 g/mol. The number of hydrogen-bond donors (Lipinski definition) is 1. The van der Waals surface area contributed by atoms with Crippen molar-refractivity contribution in [3.63, 3.8) is 0 Å². The van der Waals surface area contributed by atoms with Crippen molar-refractivity contribution in [2.45, 2.75) is 6.10 Å². The second kappa shape index (κ2) is 8.24. The number of carbonyl (C=O) groups excluding carboxylic acids is 1. The predicted octanol–water partition coefficient (Wildman–Crippen LogP) is 1.61. The van der Waals surface area contributed by atoms with Crippen LogP contribution in [0.3, 0.4) is 0 Å². The number of hydrogen-bond acceptors (Lipinski definition) is 6. The lowest BCUT2D eigenvalue weighted by Gasteiger charge is -2.22. The molecule has 1 aromatic carbocycles. The third-order valence-corrected chi connectivity index (χ3v) is 4.25. The Bertz CT molecular complexity index is 957. The summed E-state index contributed by atoms with van der Waals surface area (Å²) in [5.74, 6) is -0.929. The van der Waals surface area contributed by atoms with Crippen LogP contribution in [0.5, 0.6) is 0 Å². The maximum Gasteiger partial charge on any atom is 0.274 e. The van der Waals surface area contributed by atoms with Gasteiger partial charge in [-0.1, -0.05) is 23.4 Å². The molecule has 28 heavy (non-hydrogen) atoms. The van der Waals surface area contributed by atoms with Crippen molar-refractivity contribution in [1.29, 1.82) is 0 Å². The van der Waals surface area contributed by atoms with Gasteiger partial charge in [-0.3, -0.25) is 9.78 Å². The Morgan fingerprint density at radius 2 is 2.07 bits per heavy atom. The smallest absolute Gasteiger partial charge is 0.274 e. The lowest BCUT2D eigenvalue weighted by molar-refractivity contribution is -0.0855. The highest BCUT2D eigenvalue weighted by molar-refractivity contribution is 5.97. The number of amides is 1. The average Bonchev–Trinajstić information content (AvgIpc) is 3.19. The normalized spacial score (nSPS) is 16.7. The van der Waals surface area contributed by atoms with Crippen molar-refractivity contribution in [3.8, 4) is 17.1 Å². The lowest BCUT2D eigenvalue weighted by Crippen LogP contribution is -2.40. The van der Waals surface area contributed by atoms with Crippen LogP contribution in [0.15, 0.2) is 48.7 Å². The van der Waals surface area contributed by atoms with E-state index in [4.69, 9.17) is 9.47 Å². The van der Waals surface area contributed by atoms with E-state index in [1.54, 1.807) is 42.6 Å². The molecule has 3 heterocycles. The van der Waals surface area contributed by atoms with Crippen LogP contribution in [0.1, 0.15) is 10.5 Å². The molecule has 1 aliphatic rings. The van der Waals surface area contributed by atoms with Gasteiger partial charge in [0.25, 0.3) is 5.91 Å². The van der Waals surface area contributed by atoms with Gasteiger partial charge in [-0.2, -0.15) is 0 Å². The van der Waals surface area contributed by atoms with Gasteiger partial charge in [0.2, 0.25) is 0 Å². The number of nitrogens with one attached hydrogen (secondary N) is 1. The molecular formula is C19H18FN5O3. The number of carbonyl (C=O) groups is 1. The van der Waals surface area contributed by atoms with Gasteiger partial charge in [0.05, 0.1) is 31.6 Å².